The number of aromatic nitrogens is 3. The zero-order valence-corrected chi connectivity index (χ0v) is 14.0. The molecule has 1 aliphatic rings. The van der Waals surface area contributed by atoms with E-state index in [-0.39, 0.29) is 5.69 Å². The minimum Gasteiger partial charge on any atom is -0.283 e. The molecule has 0 radical (unpaired) electrons. The molecule has 1 atom stereocenters. The molecule has 0 aliphatic heterocycles. The number of terminal acetylenes is 1. The first kappa shape index (κ1) is 15.7. The summed E-state index contributed by atoms with van der Waals surface area (Å²) < 4.78 is 3.09. The van der Waals surface area contributed by atoms with Gasteiger partial charge in [0.05, 0.1) is 13.1 Å². The van der Waals surface area contributed by atoms with Gasteiger partial charge in [0.1, 0.15) is 0 Å². The molecule has 0 saturated carbocycles. The molecule has 5 heteroatoms. The van der Waals surface area contributed by atoms with E-state index in [0.717, 1.165) is 12.8 Å². The molecule has 0 amide bonds. The van der Waals surface area contributed by atoms with Crippen molar-refractivity contribution in [3.05, 3.63) is 70.3 Å². The first-order valence-corrected chi connectivity index (χ1v) is 8.57. The third kappa shape index (κ3) is 2.86. The molecule has 0 fully saturated rings. The molecule has 5 nitrogen and oxygen atoms in total. The summed E-state index contributed by atoms with van der Waals surface area (Å²) >= 11 is 0. The minimum atomic E-state index is -0.108. The maximum atomic E-state index is 12.4. The SMILES string of the molecule is C#CCN(CCn1nc2ccccn2c1=O)C1CCc2ccccc21. The van der Waals surface area contributed by atoms with Crippen LogP contribution in [0.25, 0.3) is 5.65 Å². The van der Waals surface area contributed by atoms with E-state index in [0.29, 0.717) is 31.3 Å². The summed E-state index contributed by atoms with van der Waals surface area (Å²) in [7, 11) is 0. The highest BCUT2D eigenvalue weighted by Crippen LogP contribution is 2.35. The summed E-state index contributed by atoms with van der Waals surface area (Å²) in [6, 6.07) is 14.4. The maximum absolute atomic E-state index is 12.4. The van der Waals surface area contributed by atoms with Crippen molar-refractivity contribution < 1.29 is 0 Å². The predicted octanol–water partition coefficient (Wildman–Crippen LogP) is 2.12. The molecule has 25 heavy (non-hydrogen) atoms. The Labute approximate surface area is 146 Å². The van der Waals surface area contributed by atoms with Crippen LogP contribution in [0.2, 0.25) is 0 Å². The molecule has 0 saturated heterocycles. The standard InChI is InChI=1S/C20H20N4O/c1-2-12-22(18-11-10-16-7-3-4-8-17(16)18)14-15-24-20(25)23-13-6-5-9-19(23)21-24/h1,3-9,13,18H,10-12,14-15H2. The van der Waals surface area contributed by atoms with Crippen molar-refractivity contribution in [3.8, 4) is 12.3 Å². The van der Waals surface area contributed by atoms with Crippen molar-refractivity contribution in [3.63, 3.8) is 0 Å². The second-order valence-electron chi connectivity index (χ2n) is 6.36. The Morgan fingerprint density at radius 2 is 2.08 bits per heavy atom. The molecule has 0 bridgehead atoms. The number of fused-ring (bicyclic) bond motifs is 2. The lowest BCUT2D eigenvalue weighted by Crippen LogP contribution is -2.34. The van der Waals surface area contributed by atoms with Gasteiger partial charge in [-0.1, -0.05) is 36.3 Å². The zero-order chi connectivity index (χ0) is 17.2. The second kappa shape index (κ2) is 6.58. The van der Waals surface area contributed by atoms with E-state index in [1.807, 2.05) is 18.2 Å². The molecule has 2 aromatic heterocycles. The maximum Gasteiger partial charge on any atom is 0.350 e. The van der Waals surface area contributed by atoms with E-state index >= 15 is 0 Å². The molecule has 0 N–H and O–H groups in total. The number of pyridine rings is 1. The first-order chi connectivity index (χ1) is 12.3. The number of rotatable bonds is 5. The number of hydrogen-bond acceptors (Lipinski definition) is 3. The Kier molecular flexibility index (Phi) is 4.12. The van der Waals surface area contributed by atoms with Crippen LogP contribution in [0.5, 0.6) is 0 Å². The molecular weight excluding hydrogens is 312 g/mol. The molecule has 1 aromatic carbocycles. The second-order valence-corrected chi connectivity index (χ2v) is 6.36. The van der Waals surface area contributed by atoms with Crippen LogP contribution in [-0.2, 0) is 13.0 Å². The highest BCUT2D eigenvalue weighted by Gasteiger charge is 2.27. The van der Waals surface area contributed by atoms with Crippen LogP contribution in [0.3, 0.4) is 0 Å². The van der Waals surface area contributed by atoms with Gasteiger partial charge in [0, 0.05) is 18.8 Å². The van der Waals surface area contributed by atoms with Gasteiger partial charge >= 0.3 is 5.69 Å². The predicted molar refractivity (Wildman–Crippen MR) is 97.4 cm³/mol. The molecule has 126 valence electrons. The summed E-state index contributed by atoms with van der Waals surface area (Å²) in [5.41, 5.74) is 3.32. The van der Waals surface area contributed by atoms with Gasteiger partial charge in [-0.2, -0.15) is 0 Å². The minimum absolute atomic E-state index is 0.108. The van der Waals surface area contributed by atoms with Crippen molar-refractivity contribution in [2.75, 3.05) is 13.1 Å². The van der Waals surface area contributed by atoms with Crippen molar-refractivity contribution in [1.29, 1.82) is 0 Å². The zero-order valence-electron chi connectivity index (χ0n) is 14.0. The number of nitrogens with zero attached hydrogens (tertiary/aromatic N) is 4. The Balaban J connectivity index is 1.56. The van der Waals surface area contributed by atoms with Crippen molar-refractivity contribution in [2.24, 2.45) is 0 Å². The highest BCUT2D eigenvalue weighted by atomic mass is 16.2. The highest BCUT2D eigenvalue weighted by molar-refractivity contribution is 5.36. The molecular formula is C20H20N4O. The first-order valence-electron chi connectivity index (χ1n) is 8.57. The molecule has 0 spiro atoms. The van der Waals surface area contributed by atoms with Crippen LogP contribution in [-0.4, -0.2) is 32.2 Å². The number of benzene rings is 1. The van der Waals surface area contributed by atoms with Crippen LogP contribution in [0.1, 0.15) is 23.6 Å². The summed E-state index contributed by atoms with van der Waals surface area (Å²) in [5.74, 6) is 2.77. The smallest absolute Gasteiger partial charge is 0.283 e. The third-order valence-corrected chi connectivity index (χ3v) is 4.92. The van der Waals surface area contributed by atoms with E-state index in [9.17, 15) is 4.79 Å². The lowest BCUT2D eigenvalue weighted by molar-refractivity contribution is 0.209. The van der Waals surface area contributed by atoms with Gasteiger partial charge in [-0.25, -0.2) is 9.48 Å². The topological polar surface area (TPSA) is 42.5 Å². The van der Waals surface area contributed by atoms with Gasteiger partial charge < -0.3 is 0 Å². The van der Waals surface area contributed by atoms with E-state index < -0.39 is 0 Å². The molecule has 3 aromatic rings. The molecule has 4 rings (SSSR count). The quantitative estimate of drug-likeness (QED) is 0.672. The fourth-order valence-corrected chi connectivity index (χ4v) is 3.71. The van der Waals surface area contributed by atoms with E-state index in [4.69, 9.17) is 6.42 Å². The average molecular weight is 332 g/mol. The summed E-state index contributed by atoms with van der Waals surface area (Å²) in [6.45, 7) is 1.80. The van der Waals surface area contributed by atoms with Crippen LogP contribution in [0.4, 0.5) is 0 Å². The summed E-state index contributed by atoms with van der Waals surface area (Å²) in [4.78, 5) is 14.7. The van der Waals surface area contributed by atoms with E-state index in [1.54, 1.807) is 10.6 Å². The van der Waals surface area contributed by atoms with Crippen molar-refractivity contribution >= 4 is 5.65 Å². The summed E-state index contributed by atoms with van der Waals surface area (Å²) in [6.07, 6.45) is 9.49. The number of hydrogen-bond donors (Lipinski definition) is 0. The van der Waals surface area contributed by atoms with Crippen LogP contribution < -0.4 is 5.69 Å². The summed E-state index contributed by atoms with van der Waals surface area (Å²) in [5, 5.41) is 4.40. The van der Waals surface area contributed by atoms with Crippen LogP contribution in [0.15, 0.2) is 53.5 Å². The lowest BCUT2D eigenvalue weighted by Gasteiger charge is -2.27. The van der Waals surface area contributed by atoms with Crippen LogP contribution >= 0.6 is 0 Å². The number of aryl methyl sites for hydroxylation is 1. The average Bonchev–Trinajstić information content (AvgIpc) is 3.21. The van der Waals surface area contributed by atoms with Gasteiger partial charge in [-0.3, -0.25) is 9.30 Å². The largest absolute Gasteiger partial charge is 0.350 e. The van der Waals surface area contributed by atoms with Crippen molar-refractivity contribution in [2.45, 2.75) is 25.4 Å². The normalized spacial score (nSPS) is 16.2. The monoisotopic (exact) mass is 332 g/mol. The molecule has 1 aliphatic carbocycles. The van der Waals surface area contributed by atoms with E-state index in [2.05, 4.69) is 40.2 Å². The Hall–Kier alpha value is -2.84. The fraction of sp³-hybridized carbons (Fsp3) is 0.300. The van der Waals surface area contributed by atoms with Gasteiger partial charge in [-0.05, 0) is 36.1 Å². The van der Waals surface area contributed by atoms with Crippen LogP contribution in [0, 0.1) is 12.3 Å². The molecule has 2 heterocycles. The lowest BCUT2D eigenvalue weighted by atomic mass is 10.1. The van der Waals surface area contributed by atoms with E-state index in [1.165, 1.54) is 15.8 Å². The van der Waals surface area contributed by atoms with Gasteiger partial charge in [0.15, 0.2) is 5.65 Å². The molecule has 1 unspecified atom stereocenters. The van der Waals surface area contributed by atoms with Gasteiger partial charge in [0.2, 0.25) is 0 Å². The van der Waals surface area contributed by atoms with Gasteiger partial charge in [0.25, 0.3) is 0 Å². The fourth-order valence-electron chi connectivity index (χ4n) is 3.71. The Bertz CT molecular complexity index is 995. The van der Waals surface area contributed by atoms with Crippen molar-refractivity contribution in [1.82, 2.24) is 19.1 Å². The van der Waals surface area contributed by atoms with Gasteiger partial charge in [-0.15, -0.1) is 11.5 Å². The Morgan fingerprint density at radius 1 is 1.24 bits per heavy atom. The Morgan fingerprint density at radius 3 is 2.92 bits per heavy atom. The third-order valence-electron chi connectivity index (χ3n) is 4.92.